The number of carbonyl (C=O) groups excluding carboxylic acids is 1. The monoisotopic (exact) mass is 342 g/mol. The fourth-order valence-electron chi connectivity index (χ4n) is 2.17. The van der Waals surface area contributed by atoms with Gasteiger partial charge in [0.05, 0.1) is 25.7 Å². The van der Waals surface area contributed by atoms with Crippen molar-refractivity contribution in [2.45, 2.75) is 63.9 Å². The number of hydrogen-bond donors (Lipinski definition) is 1. The van der Waals surface area contributed by atoms with Crippen molar-refractivity contribution in [2.75, 3.05) is 13.2 Å². The van der Waals surface area contributed by atoms with Crippen molar-refractivity contribution < 1.29 is 28.9 Å². The van der Waals surface area contributed by atoms with Gasteiger partial charge >= 0.3 is 11.9 Å². The van der Waals surface area contributed by atoms with Crippen molar-refractivity contribution in [3.63, 3.8) is 0 Å². The predicted molar refractivity (Wildman–Crippen MR) is 91.4 cm³/mol. The Hall–Kier alpha value is -1.98. The summed E-state index contributed by atoms with van der Waals surface area (Å²) in [6, 6.07) is 0. The van der Waals surface area contributed by atoms with Crippen LogP contribution in [0.25, 0.3) is 0 Å². The van der Waals surface area contributed by atoms with E-state index in [1.165, 1.54) is 12.5 Å². The summed E-state index contributed by atoms with van der Waals surface area (Å²) in [5.74, 6) is -1.11. The van der Waals surface area contributed by atoms with Gasteiger partial charge in [-0.1, -0.05) is 13.2 Å². The molecule has 0 aromatic carbocycles. The van der Waals surface area contributed by atoms with Gasteiger partial charge in [0, 0.05) is 12.8 Å². The molecule has 0 rings (SSSR count). The third-order valence-electron chi connectivity index (χ3n) is 3.38. The second-order valence-electron chi connectivity index (χ2n) is 5.43. The Balaban J connectivity index is 4.04. The maximum absolute atomic E-state index is 11.9. The van der Waals surface area contributed by atoms with Crippen LogP contribution in [0.1, 0.15) is 57.8 Å². The van der Waals surface area contributed by atoms with Crippen LogP contribution < -0.4 is 0 Å². The largest absolute Gasteiger partial charge is 0.502 e. The fraction of sp³-hybridized carbons (Fsp3) is 0.667. The summed E-state index contributed by atoms with van der Waals surface area (Å²) >= 11 is 0. The summed E-state index contributed by atoms with van der Waals surface area (Å²) < 4.78 is 15.7. The molecule has 138 valence electrons. The lowest BCUT2D eigenvalue weighted by Crippen LogP contribution is -2.19. The topological polar surface area (TPSA) is 82.1 Å². The first-order valence-electron chi connectivity index (χ1n) is 8.46. The molecule has 24 heavy (non-hydrogen) atoms. The maximum Gasteiger partial charge on any atom is 0.306 e. The molecule has 6 nitrogen and oxygen atoms in total. The molecule has 0 aliphatic heterocycles. The smallest absolute Gasteiger partial charge is 0.306 e. The standard InChI is InChI=1S/C18H30O6/c1-3-22-14-8-7-10-16(11-9-15-23-4-2)24-18(21)13-6-5-12-17(19)20/h3-4,16H,1-2,5-15H2,(H,19,20). The van der Waals surface area contributed by atoms with Crippen LogP contribution in [0.4, 0.5) is 0 Å². The van der Waals surface area contributed by atoms with E-state index in [2.05, 4.69) is 13.2 Å². The van der Waals surface area contributed by atoms with Crippen molar-refractivity contribution in [2.24, 2.45) is 0 Å². The number of unbranched alkanes of at least 4 members (excludes halogenated alkanes) is 2. The van der Waals surface area contributed by atoms with Gasteiger partial charge in [0.2, 0.25) is 0 Å². The van der Waals surface area contributed by atoms with E-state index in [1.54, 1.807) is 0 Å². The molecule has 0 amide bonds. The molecule has 0 radical (unpaired) electrons. The van der Waals surface area contributed by atoms with E-state index in [9.17, 15) is 9.59 Å². The van der Waals surface area contributed by atoms with Crippen LogP contribution in [0, 0.1) is 0 Å². The number of hydrogen-bond acceptors (Lipinski definition) is 5. The third kappa shape index (κ3) is 14.9. The minimum absolute atomic E-state index is 0.0822. The average Bonchev–Trinajstić information content (AvgIpc) is 2.55. The summed E-state index contributed by atoms with van der Waals surface area (Å²) in [5.41, 5.74) is 0. The molecule has 0 aliphatic rings. The van der Waals surface area contributed by atoms with Crippen molar-refractivity contribution in [1.29, 1.82) is 0 Å². The Morgan fingerprint density at radius 3 is 2.08 bits per heavy atom. The molecule has 0 bridgehead atoms. The Labute approximate surface area is 144 Å². The van der Waals surface area contributed by atoms with Crippen LogP contribution in [0.3, 0.4) is 0 Å². The van der Waals surface area contributed by atoms with Crippen LogP contribution >= 0.6 is 0 Å². The second-order valence-corrected chi connectivity index (χ2v) is 5.43. The van der Waals surface area contributed by atoms with E-state index in [0.717, 1.165) is 32.1 Å². The zero-order valence-electron chi connectivity index (χ0n) is 14.4. The first-order valence-corrected chi connectivity index (χ1v) is 8.46. The molecule has 6 heteroatoms. The van der Waals surface area contributed by atoms with Gasteiger partial charge in [0.25, 0.3) is 0 Å². The summed E-state index contributed by atoms with van der Waals surface area (Å²) in [6.07, 6.45) is 8.09. The van der Waals surface area contributed by atoms with Gasteiger partial charge in [0.1, 0.15) is 6.10 Å². The molecule has 0 heterocycles. The molecular weight excluding hydrogens is 312 g/mol. The summed E-state index contributed by atoms with van der Waals surface area (Å²) in [6.45, 7) is 8.13. The van der Waals surface area contributed by atoms with Gasteiger partial charge in [-0.3, -0.25) is 9.59 Å². The molecule has 0 saturated heterocycles. The van der Waals surface area contributed by atoms with Gasteiger partial charge in [-0.2, -0.15) is 0 Å². The fourth-order valence-corrected chi connectivity index (χ4v) is 2.17. The molecule has 0 aliphatic carbocycles. The van der Waals surface area contributed by atoms with E-state index in [-0.39, 0.29) is 24.9 Å². The predicted octanol–water partition coefficient (Wildman–Crippen LogP) is 3.81. The average molecular weight is 342 g/mol. The lowest BCUT2D eigenvalue weighted by atomic mass is 10.1. The van der Waals surface area contributed by atoms with Crippen molar-refractivity contribution in [3.8, 4) is 0 Å². The molecular formula is C18H30O6. The Bertz CT molecular complexity index is 367. The normalized spacial score (nSPS) is 11.3. The Kier molecular flexibility index (Phi) is 14.6. The van der Waals surface area contributed by atoms with Crippen LogP contribution in [0.15, 0.2) is 25.7 Å². The molecule has 1 atom stereocenters. The highest BCUT2D eigenvalue weighted by atomic mass is 16.5. The van der Waals surface area contributed by atoms with Gasteiger partial charge in [-0.15, -0.1) is 0 Å². The SMILES string of the molecule is C=COCCCCC(CCCOC=C)OC(=O)CCCCC(=O)O. The Morgan fingerprint density at radius 2 is 1.46 bits per heavy atom. The molecule has 0 spiro atoms. The summed E-state index contributed by atoms with van der Waals surface area (Å²) in [4.78, 5) is 22.3. The first-order chi connectivity index (χ1) is 11.6. The lowest BCUT2D eigenvalue weighted by Gasteiger charge is -2.18. The number of carboxylic acid groups (broad SMARTS) is 1. The molecule has 0 aromatic rings. The lowest BCUT2D eigenvalue weighted by molar-refractivity contribution is -0.150. The van der Waals surface area contributed by atoms with Gasteiger partial charge < -0.3 is 19.3 Å². The molecule has 0 fully saturated rings. The zero-order chi connectivity index (χ0) is 18.0. The quantitative estimate of drug-likeness (QED) is 0.246. The van der Waals surface area contributed by atoms with Gasteiger partial charge in [-0.25, -0.2) is 0 Å². The first kappa shape index (κ1) is 22.0. The highest BCUT2D eigenvalue weighted by Gasteiger charge is 2.14. The van der Waals surface area contributed by atoms with E-state index in [4.69, 9.17) is 19.3 Å². The molecule has 0 saturated carbocycles. The molecule has 1 N–H and O–H groups in total. The van der Waals surface area contributed by atoms with Crippen molar-refractivity contribution in [1.82, 2.24) is 0 Å². The van der Waals surface area contributed by atoms with Crippen LogP contribution in [-0.4, -0.2) is 36.4 Å². The number of rotatable bonds is 17. The highest BCUT2D eigenvalue weighted by molar-refractivity contribution is 5.70. The number of ether oxygens (including phenoxy) is 3. The van der Waals surface area contributed by atoms with Crippen molar-refractivity contribution >= 4 is 11.9 Å². The minimum Gasteiger partial charge on any atom is -0.502 e. The van der Waals surface area contributed by atoms with E-state index < -0.39 is 5.97 Å². The number of carbonyl (C=O) groups is 2. The van der Waals surface area contributed by atoms with E-state index >= 15 is 0 Å². The number of esters is 1. The highest BCUT2D eigenvalue weighted by Crippen LogP contribution is 2.14. The number of carboxylic acids is 1. The van der Waals surface area contributed by atoms with Crippen LogP contribution in [0.2, 0.25) is 0 Å². The summed E-state index contributed by atoms with van der Waals surface area (Å²) in [7, 11) is 0. The second kappa shape index (κ2) is 15.9. The van der Waals surface area contributed by atoms with Crippen LogP contribution in [0.5, 0.6) is 0 Å². The van der Waals surface area contributed by atoms with Crippen molar-refractivity contribution in [3.05, 3.63) is 25.7 Å². The maximum atomic E-state index is 11.9. The molecule has 0 aromatic heterocycles. The van der Waals surface area contributed by atoms with E-state index in [1.807, 2.05) is 0 Å². The zero-order valence-corrected chi connectivity index (χ0v) is 14.4. The van der Waals surface area contributed by atoms with Gasteiger partial charge in [0.15, 0.2) is 0 Å². The van der Waals surface area contributed by atoms with Crippen LogP contribution in [-0.2, 0) is 23.8 Å². The van der Waals surface area contributed by atoms with Gasteiger partial charge in [-0.05, 0) is 44.9 Å². The number of aliphatic carboxylic acids is 1. The minimum atomic E-state index is -0.842. The molecule has 1 unspecified atom stereocenters. The van der Waals surface area contributed by atoms with E-state index in [0.29, 0.717) is 26.1 Å². The third-order valence-corrected chi connectivity index (χ3v) is 3.38. The Morgan fingerprint density at radius 1 is 0.875 bits per heavy atom. The summed E-state index contributed by atoms with van der Waals surface area (Å²) in [5, 5.41) is 8.57.